The van der Waals surface area contributed by atoms with Gasteiger partial charge in [-0.05, 0) is 51.1 Å². The monoisotopic (exact) mass is 366 g/mol. The minimum Gasteiger partial charge on any atom is -0.230 e. The summed E-state index contributed by atoms with van der Waals surface area (Å²) in [6, 6.07) is 12.3. The van der Waals surface area contributed by atoms with Gasteiger partial charge in [-0.15, -0.1) is 0 Å². The van der Waals surface area contributed by atoms with Crippen LogP contribution in [0.25, 0.3) is 0 Å². The predicted molar refractivity (Wildman–Crippen MR) is 106 cm³/mol. The average Bonchev–Trinajstić information content (AvgIpc) is 2.55. The summed E-state index contributed by atoms with van der Waals surface area (Å²) in [6.07, 6.45) is -0.189. The smallest absolute Gasteiger partial charge is 0.151 e. The minimum atomic E-state index is -1.35. The van der Waals surface area contributed by atoms with Crippen molar-refractivity contribution in [1.82, 2.24) is 0 Å². The van der Waals surface area contributed by atoms with Gasteiger partial charge in [0.25, 0.3) is 0 Å². The second kappa shape index (κ2) is 9.63. The third-order valence-electron chi connectivity index (χ3n) is 4.50. The van der Waals surface area contributed by atoms with Crippen LogP contribution >= 0.6 is 11.6 Å². The zero-order valence-electron chi connectivity index (χ0n) is 15.9. The molecule has 1 rings (SSSR count). The Morgan fingerprint density at radius 1 is 1.04 bits per heavy atom. The first-order valence-corrected chi connectivity index (χ1v) is 12.1. The molecular weight excluding hydrogens is 336 g/mol. The zero-order chi connectivity index (χ0) is 18.2. The van der Waals surface area contributed by atoms with Crippen LogP contribution in [0, 0.1) is 11.8 Å². The van der Waals surface area contributed by atoms with Crippen LogP contribution in [0.15, 0.2) is 24.3 Å². The van der Waals surface area contributed by atoms with Crippen molar-refractivity contribution in [1.29, 1.82) is 0 Å². The topological polar surface area (TPSA) is 18.5 Å². The van der Waals surface area contributed by atoms with Gasteiger partial charge in [-0.1, -0.05) is 62.3 Å². The van der Waals surface area contributed by atoms with E-state index in [4.69, 9.17) is 21.4 Å². The number of benzene rings is 1. The van der Waals surface area contributed by atoms with Crippen LogP contribution in [0.1, 0.15) is 47.1 Å². The molecular formula is C20H31ClO2Si. The first-order chi connectivity index (χ1) is 11.2. The van der Waals surface area contributed by atoms with E-state index in [-0.39, 0.29) is 11.7 Å². The Hall–Kier alpha value is -0.793. The Labute approximate surface area is 153 Å². The van der Waals surface area contributed by atoms with Crippen molar-refractivity contribution < 1.29 is 9.78 Å². The summed E-state index contributed by atoms with van der Waals surface area (Å²) in [6.45, 7) is 12.9. The lowest BCUT2D eigenvalue weighted by Crippen LogP contribution is -2.37. The van der Waals surface area contributed by atoms with Gasteiger partial charge in [-0.25, -0.2) is 9.78 Å². The standard InChI is InChI=1S/C20H31ClO2Si/c1-7-24(8-2,9-3)16-19(22-23-20(4,5)6)15-12-17-10-13-18(21)14-11-17/h10-11,13-14,19H,7-9,16H2,1-6H3. The molecule has 1 aromatic rings. The average molecular weight is 367 g/mol. The van der Waals surface area contributed by atoms with E-state index in [2.05, 4.69) is 32.6 Å². The lowest BCUT2D eigenvalue weighted by atomic mass is 10.2. The summed E-state index contributed by atoms with van der Waals surface area (Å²) in [4.78, 5) is 11.3. The molecule has 0 aromatic heterocycles. The normalized spacial score (nSPS) is 13.3. The van der Waals surface area contributed by atoms with E-state index in [1.165, 1.54) is 18.1 Å². The molecule has 0 spiro atoms. The zero-order valence-corrected chi connectivity index (χ0v) is 17.7. The highest BCUT2D eigenvalue weighted by atomic mass is 35.5. The summed E-state index contributed by atoms with van der Waals surface area (Å²) in [7, 11) is -1.35. The van der Waals surface area contributed by atoms with E-state index in [9.17, 15) is 0 Å². The molecule has 0 saturated heterocycles. The molecule has 1 aromatic carbocycles. The van der Waals surface area contributed by atoms with Crippen LogP contribution in [0.5, 0.6) is 0 Å². The molecule has 2 nitrogen and oxygen atoms in total. The molecule has 0 heterocycles. The molecule has 0 bridgehead atoms. The highest BCUT2D eigenvalue weighted by molar-refractivity contribution is 6.79. The van der Waals surface area contributed by atoms with Gasteiger partial charge in [0.2, 0.25) is 0 Å². The van der Waals surface area contributed by atoms with Crippen LogP contribution in [0.4, 0.5) is 0 Å². The van der Waals surface area contributed by atoms with Gasteiger partial charge in [0, 0.05) is 10.6 Å². The summed E-state index contributed by atoms with van der Waals surface area (Å²) >= 11 is 5.93. The molecule has 0 fully saturated rings. The first kappa shape index (κ1) is 21.2. The summed E-state index contributed by atoms with van der Waals surface area (Å²) in [5.41, 5.74) is 0.607. The predicted octanol–water partition coefficient (Wildman–Crippen LogP) is 6.32. The van der Waals surface area contributed by atoms with Gasteiger partial charge in [0.15, 0.2) is 6.10 Å². The van der Waals surface area contributed by atoms with Crippen LogP contribution in [-0.4, -0.2) is 19.8 Å². The molecule has 24 heavy (non-hydrogen) atoms. The van der Waals surface area contributed by atoms with E-state index in [0.29, 0.717) is 0 Å². The van der Waals surface area contributed by atoms with Crippen molar-refractivity contribution in [2.75, 3.05) is 0 Å². The third-order valence-corrected chi connectivity index (χ3v) is 10.5. The third kappa shape index (κ3) is 7.40. The van der Waals surface area contributed by atoms with Gasteiger partial charge in [0.1, 0.15) is 0 Å². The Morgan fingerprint density at radius 3 is 2.04 bits per heavy atom. The molecule has 0 aliphatic rings. The van der Waals surface area contributed by atoms with Crippen molar-refractivity contribution in [3.63, 3.8) is 0 Å². The van der Waals surface area contributed by atoms with Gasteiger partial charge < -0.3 is 0 Å². The fraction of sp³-hybridized carbons (Fsp3) is 0.600. The van der Waals surface area contributed by atoms with E-state index in [1.54, 1.807) is 0 Å². The van der Waals surface area contributed by atoms with Gasteiger partial charge >= 0.3 is 0 Å². The maximum Gasteiger partial charge on any atom is 0.151 e. The van der Waals surface area contributed by atoms with E-state index in [1.807, 2.05) is 45.0 Å². The van der Waals surface area contributed by atoms with E-state index < -0.39 is 8.07 Å². The molecule has 0 aliphatic carbocycles. The summed E-state index contributed by atoms with van der Waals surface area (Å²) in [5.74, 6) is 6.49. The Bertz CT molecular complexity index is 539. The number of halogens is 1. The van der Waals surface area contributed by atoms with E-state index >= 15 is 0 Å². The minimum absolute atomic E-state index is 0.189. The van der Waals surface area contributed by atoms with Crippen LogP contribution in [0.3, 0.4) is 0 Å². The van der Waals surface area contributed by atoms with Gasteiger partial charge in [-0.2, -0.15) is 0 Å². The second-order valence-corrected chi connectivity index (χ2v) is 13.3. The van der Waals surface area contributed by atoms with E-state index in [0.717, 1.165) is 16.6 Å². The number of rotatable bonds is 7. The van der Waals surface area contributed by atoms with Crippen molar-refractivity contribution in [3.05, 3.63) is 34.9 Å². The Morgan fingerprint density at radius 2 is 1.58 bits per heavy atom. The van der Waals surface area contributed by atoms with Gasteiger partial charge in [0.05, 0.1) is 13.7 Å². The maximum atomic E-state index is 5.93. The Balaban J connectivity index is 2.94. The van der Waals surface area contributed by atoms with Gasteiger partial charge in [-0.3, -0.25) is 0 Å². The molecule has 134 valence electrons. The lowest BCUT2D eigenvalue weighted by molar-refractivity contribution is -0.360. The van der Waals surface area contributed by atoms with Crippen molar-refractivity contribution >= 4 is 19.7 Å². The molecule has 0 amide bonds. The van der Waals surface area contributed by atoms with Crippen LogP contribution in [-0.2, 0) is 9.78 Å². The van der Waals surface area contributed by atoms with Crippen molar-refractivity contribution in [2.24, 2.45) is 0 Å². The second-order valence-electron chi connectivity index (χ2n) is 7.32. The fourth-order valence-corrected chi connectivity index (χ4v) is 6.03. The maximum absolute atomic E-state index is 5.93. The summed E-state index contributed by atoms with van der Waals surface area (Å²) < 4.78 is 0. The summed E-state index contributed by atoms with van der Waals surface area (Å²) in [5, 5.41) is 0.721. The largest absolute Gasteiger partial charge is 0.230 e. The number of hydrogen-bond donors (Lipinski definition) is 0. The highest BCUT2D eigenvalue weighted by Crippen LogP contribution is 2.28. The first-order valence-electron chi connectivity index (χ1n) is 8.85. The molecule has 0 aliphatic heterocycles. The van der Waals surface area contributed by atoms with Crippen LogP contribution < -0.4 is 0 Å². The molecule has 0 radical (unpaired) electrons. The molecule has 0 N–H and O–H groups in total. The van der Waals surface area contributed by atoms with Crippen molar-refractivity contribution in [3.8, 4) is 11.8 Å². The molecule has 4 heteroatoms. The van der Waals surface area contributed by atoms with Crippen LogP contribution in [0.2, 0.25) is 29.2 Å². The quantitative estimate of drug-likeness (QED) is 0.243. The van der Waals surface area contributed by atoms with Crippen molar-refractivity contribution in [2.45, 2.75) is 77.4 Å². The molecule has 1 unspecified atom stereocenters. The fourth-order valence-electron chi connectivity index (χ4n) is 2.58. The number of hydrogen-bond acceptors (Lipinski definition) is 2. The molecule has 0 saturated carbocycles. The highest BCUT2D eigenvalue weighted by Gasteiger charge is 2.31. The lowest BCUT2D eigenvalue weighted by Gasteiger charge is -2.31. The molecule has 1 atom stereocenters. The Kier molecular flexibility index (Phi) is 8.52. The SMILES string of the molecule is CC[Si](CC)(CC)CC(C#Cc1ccc(Cl)cc1)OOC(C)(C)C.